The van der Waals surface area contributed by atoms with E-state index in [1.165, 1.54) is 37.7 Å². The van der Waals surface area contributed by atoms with Crippen LogP contribution < -0.4 is 5.32 Å². The van der Waals surface area contributed by atoms with E-state index in [9.17, 15) is 4.39 Å². The molecule has 20 heavy (non-hydrogen) atoms. The van der Waals surface area contributed by atoms with Gasteiger partial charge in [-0.25, -0.2) is 4.39 Å². The van der Waals surface area contributed by atoms with Crippen LogP contribution in [0.15, 0.2) is 22.7 Å². The van der Waals surface area contributed by atoms with Gasteiger partial charge in [0.05, 0.1) is 4.47 Å². The summed E-state index contributed by atoms with van der Waals surface area (Å²) in [5.74, 6) is 0.726. The lowest BCUT2D eigenvalue weighted by Gasteiger charge is -2.21. The van der Waals surface area contributed by atoms with Crippen molar-refractivity contribution < 1.29 is 4.39 Å². The molecule has 1 aliphatic rings. The molecule has 0 radical (unpaired) electrons. The van der Waals surface area contributed by atoms with E-state index in [1.807, 2.05) is 12.1 Å². The molecular formula is C17H25BrFN. The lowest BCUT2D eigenvalue weighted by molar-refractivity contribution is 0.411. The van der Waals surface area contributed by atoms with Crippen molar-refractivity contribution in [2.75, 3.05) is 6.54 Å². The summed E-state index contributed by atoms with van der Waals surface area (Å²) in [6, 6.07) is 5.77. The highest BCUT2D eigenvalue weighted by atomic mass is 79.9. The maximum Gasteiger partial charge on any atom is 0.137 e. The van der Waals surface area contributed by atoms with Crippen LogP contribution in [0.5, 0.6) is 0 Å². The molecule has 1 aromatic rings. The monoisotopic (exact) mass is 341 g/mol. The average molecular weight is 342 g/mol. The fourth-order valence-corrected chi connectivity index (χ4v) is 3.53. The Morgan fingerprint density at radius 1 is 1.35 bits per heavy atom. The molecule has 1 fully saturated rings. The molecule has 0 aromatic heterocycles. The van der Waals surface area contributed by atoms with Crippen LogP contribution in [0.2, 0.25) is 0 Å². The van der Waals surface area contributed by atoms with Gasteiger partial charge >= 0.3 is 0 Å². The van der Waals surface area contributed by atoms with E-state index >= 15 is 0 Å². The molecule has 1 aliphatic carbocycles. The standard InChI is InChI=1S/C17H25BrFN/c1-2-11-20-17(10-7-13-5-3-4-6-13)14-8-9-16(19)15(18)12-14/h8-9,12-13,17,20H,2-7,10-11H2,1H3. The van der Waals surface area contributed by atoms with Crippen molar-refractivity contribution in [3.8, 4) is 0 Å². The van der Waals surface area contributed by atoms with Crippen molar-refractivity contribution in [3.05, 3.63) is 34.1 Å². The molecule has 2 rings (SSSR count). The van der Waals surface area contributed by atoms with Crippen molar-refractivity contribution in [3.63, 3.8) is 0 Å². The van der Waals surface area contributed by atoms with Gasteiger partial charge in [-0.2, -0.15) is 0 Å². The predicted octanol–water partition coefficient (Wildman–Crippen LogP) is 5.60. The van der Waals surface area contributed by atoms with E-state index in [0.29, 0.717) is 10.5 Å². The quantitative estimate of drug-likeness (QED) is 0.680. The lowest BCUT2D eigenvalue weighted by atomic mass is 9.94. The highest BCUT2D eigenvalue weighted by molar-refractivity contribution is 9.10. The minimum atomic E-state index is -0.182. The maximum atomic E-state index is 13.4. The summed E-state index contributed by atoms with van der Waals surface area (Å²) in [5, 5.41) is 3.61. The Balaban J connectivity index is 1.99. The summed E-state index contributed by atoms with van der Waals surface area (Å²) in [4.78, 5) is 0. The van der Waals surface area contributed by atoms with Crippen LogP contribution >= 0.6 is 15.9 Å². The summed E-state index contributed by atoms with van der Waals surface area (Å²) in [7, 11) is 0. The molecule has 0 bridgehead atoms. The van der Waals surface area contributed by atoms with E-state index in [2.05, 4.69) is 28.2 Å². The number of hydrogen-bond acceptors (Lipinski definition) is 1. The molecule has 1 aromatic carbocycles. The molecule has 0 aliphatic heterocycles. The molecule has 3 heteroatoms. The predicted molar refractivity (Wildman–Crippen MR) is 86.3 cm³/mol. The minimum absolute atomic E-state index is 0.182. The van der Waals surface area contributed by atoms with Crippen molar-refractivity contribution >= 4 is 15.9 Å². The van der Waals surface area contributed by atoms with Gasteiger partial charge in [-0.3, -0.25) is 0 Å². The number of halogens is 2. The van der Waals surface area contributed by atoms with Gasteiger partial charge in [-0.15, -0.1) is 0 Å². The van der Waals surface area contributed by atoms with Crippen LogP contribution in [0.3, 0.4) is 0 Å². The largest absolute Gasteiger partial charge is 0.310 e. The third-order valence-electron chi connectivity index (χ3n) is 4.33. The Morgan fingerprint density at radius 3 is 2.75 bits per heavy atom. The van der Waals surface area contributed by atoms with E-state index in [0.717, 1.165) is 25.3 Å². The molecule has 1 nitrogen and oxygen atoms in total. The molecule has 0 spiro atoms. The average Bonchev–Trinajstić information content (AvgIpc) is 2.95. The molecular weight excluding hydrogens is 317 g/mol. The second-order valence-corrected chi connectivity index (χ2v) is 6.76. The van der Waals surface area contributed by atoms with Gasteiger partial charge in [0.25, 0.3) is 0 Å². The molecule has 1 unspecified atom stereocenters. The van der Waals surface area contributed by atoms with Gasteiger partial charge in [0.1, 0.15) is 5.82 Å². The van der Waals surface area contributed by atoms with Crippen molar-refractivity contribution in [2.45, 2.75) is 57.9 Å². The van der Waals surface area contributed by atoms with E-state index in [1.54, 1.807) is 6.07 Å². The highest BCUT2D eigenvalue weighted by Gasteiger charge is 2.18. The third-order valence-corrected chi connectivity index (χ3v) is 4.93. The topological polar surface area (TPSA) is 12.0 Å². The second kappa shape index (κ2) is 8.14. The molecule has 0 amide bonds. The Labute approximate surface area is 130 Å². The minimum Gasteiger partial charge on any atom is -0.310 e. The Hall–Kier alpha value is -0.410. The van der Waals surface area contributed by atoms with Gasteiger partial charge in [0, 0.05) is 6.04 Å². The van der Waals surface area contributed by atoms with Crippen LogP contribution in [0.25, 0.3) is 0 Å². The highest BCUT2D eigenvalue weighted by Crippen LogP contribution is 2.32. The van der Waals surface area contributed by atoms with Crippen molar-refractivity contribution in [1.29, 1.82) is 0 Å². The van der Waals surface area contributed by atoms with Crippen LogP contribution in [0.1, 0.15) is 63.5 Å². The van der Waals surface area contributed by atoms with Gasteiger partial charge in [0.15, 0.2) is 0 Å². The van der Waals surface area contributed by atoms with E-state index in [-0.39, 0.29) is 5.82 Å². The maximum absolute atomic E-state index is 13.4. The molecule has 1 atom stereocenters. The van der Waals surface area contributed by atoms with Crippen LogP contribution in [0.4, 0.5) is 4.39 Å². The molecule has 0 heterocycles. The summed E-state index contributed by atoms with van der Waals surface area (Å²) < 4.78 is 13.9. The summed E-state index contributed by atoms with van der Waals surface area (Å²) in [6.45, 7) is 3.20. The zero-order chi connectivity index (χ0) is 14.4. The SMILES string of the molecule is CCCNC(CCC1CCCC1)c1ccc(F)c(Br)c1. The third kappa shape index (κ3) is 4.56. The fraction of sp³-hybridized carbons (Fsp3) is 0.647. The smallest absolute Gasteiger partial charge is 0.137 e. The summed E-state index contributed by atoms with van der Waals surface area (Å²) in [6.07, 6.45) is 9.17. The van der Waals surface area contributed by atoms with E-state index in [4.69, 9.17) is 0 Å². The fourth-order valence-electron chi connectivity index (χ4n) is 3.14. The van der Waals surface area contributed by atoms with Gasteiger partial charge in [-0.05, 0) is 65.4 Å². The zero-order valence-corrected chi connectivity index (χ0v) is 13.9. The molecule has 0 saturated heterocycles. The van der Waals surface area contributed by atoms with Gasteiger partial charge in [-0.1, -0.05) is 38.7 Å². The van der Waals surface area contributed by atoms with Crippen LogP contribution in [0, 0.1) is 11.7 Å². The first-order valence-electron chi connectivity index (χ1n) is 7.89. The van der Waals surface area contributed by atoms with Gasteiger partial charge in [0.2, 0.25) is 0 Å². The number of hydrogen-bond donors (Lipinski definition) is 1. The lowest BCUT2D eigenvalue weighted by Crippen LogP contribution is -2.22. The first-order valence-corrected chi connectivity index (χ1v) is 8.68. The first kappa shape index (κ1) is 16.0. The second-order valence-electron chi connectivity index (χ2n) is 5.91. The van der Waals surface area contributed by atoms with Crippen molar-refractivity contribution in [2.24, 2.45) is 5.92 Å². The van der Waals surface area contributed by atoms with E-state index < -0.39 is 0 Å². The number of rotatable bonds is 7. The van der Waals surface area contributed by atoms with Gasteiger partial charge < -0.3 is 5.32 Å². The first-order chi connectivity index (χ1) is 9.70. The summed E-state index contributed by atoms with van der Waals surface area (Å²) in [5.41, 5.74) is 1.20. The Morgan fingerprint density at radius 2 is 2.10 bits per heavy atom. The molecule has 1 saturated carbocycles. The number of benzene rings is 1. The number of nitrogens with one attached hydrogen (secondary N) is 1. The van der Waals surface area contributed by atoms with Crippen LogP contribution in [-0.4, -0.2) is 6.54 Å². The Bertz CT molecular complexity index is 415. The Kier molecular flexibility index (Phi) is 6.50. The summed E-state index contributed by atoms with van der Waals surface area (Å²) >= 11 is 3.30. The normalized spacial score (nSPS) is 17.6. The zero-order valence-electron chi connectivity index (χ0n) is 12.3. The molecule has 1 N–H and O–H groups in total. The van der Waals surface area contributed by atoms with Crippen LogP contribution in [-0.2, 0) is 0 Å². The van der Waals surface area contributed by atoms with Crippen molar-refractivity contribution in [1.82, 2.24) is 5.32 Å². The molecule has 112 valence electrons.